The third-order valence-electron chi connectivity index (χ3n) is 5.88. The minimum atomic E-state index is -0.334. The van der Waals surface area contributed by atoms with E-state index in [4.69, 9.17) is 0 Å². The Morgan fingerprint density at radius 3 is 2.63 bits per heavy atom. The molecule has 1 saturated carbocycles. The van der Waals surface area contributed by atoms with Crippen LogP contribution in [0, 0.1) is 5.82 Å². The normalized spacial score (nSPS) is 13.7. The molecule has 0 spiro atoms. The van der Waals surface area contributed by atoms with Crippen molar-refractivity contribution in [2.24, 2.45) is 0 Å². The molecule has 0 aliphatic heterocycles. The van der Waals surface area contributed by atoms with Crippen LogP contribution in [0.4, 0.5) is 10.1 Å². The Kier molecular flexibility index (Phi) is 6.71. The van der Waals surface area contributed by atoms with Crippen molar-refractivity contribution < 1.29 is 14.0 Å². The summed E-state index contributed by atoms with van der Waals surface area (Å²) in [5.41, 5.74) is 2.15. The summed E-state index contributed by atoms with van der Waals surface area (Å²) in [6.07, 6.45) is 7.26. The maximum atomic E-state index is 13.3. The van der Waals surface area contributed by atoms with Gasteiger partial charge in [-0.25, -0.2) is 19.0 Å². The van der Waals surface area contributed by atoms with Crippen molar-refractivity contribution in [3.05, 3.63) is 72.4 Å². The first kappa shape index (κ1) is 23.0. The molecule has 0 saturated heterocycles. The Labute approximate surface area is 205 Å². The number of hydrogen-bond donors (Lipinski definition) is 2. The SMILES string of the molecule is O=C(CSc1ncnc2c1cnn2-c1ccc(F)cc1)Nc1ccccc1C(=O)NC1CCCC1. The Bertz CT molecular complexity index is 1370. The van der Waals surface area contributed by atoms with E-state index in [1.165, 1.54) is 30.2 Å². The number of thioether (sulfide) groups is 1. The van der Waals surface area contributed by atoms with Gasteiger partial charge < -0.3 is 10.6 Å². The fraction of sp³-hybridized carbons (Fsp3) is 0.240. The molecule has 1 fully saturated rings. The lowest BCUT2D eigenvalue weighted by molar-refractivity contribution is -0.113. The Balaban J connectivity index is 1.27. The highest BCUT2D eigenvalue weighted by molar-refractivity contribution is 8.00. The number of aromatic nitrogens is 4. The number of benzene rings is 2. The van der Waals surface area contributed by atoms with Crippen molar-refractivity contribution in [1.82, 2.24) is 25.1 Å². The van der Waals surface area contributed by atoms with E-state index in [0.717, 1.165) is 25.7 Å². The molecular weight excluding hydrogens is 467 g/mol. The van der Waals surface area contributed by atoms with E-state index in [1.54, 1.807) is 47.3 Å². The van der Waals surface area contributed by atoms with Crippen molar-refractivity contribution in [2.45, 2.75) is 36.8 Å². The molecule has 10 heteroatoms. The number of rotatable bonds is 7. The molecule has 5 rings (SSSR count). The number of carbonyl (C=O) groups excluding carboxylic acids is 2. The second kappa shape index (κ2) is 10.2. The topological polar surface area (TPSA) is 102 Å². The number of nitrogens with one attached hydrogen (secondary N) is 2. The molecule has 0 unspecified atom stereocenters. The first-order valence-electron chi connectivity index (χ1n) is 11.4. The molecule has 1 aliphatic rings. The summed E-state index contributed by atoms with van der Waals surface area (Å²) >= 11 is 1.25. The summed E-state index contributed by atoms with van der Waals surface area (Å²) in [6, 6.07) is 13.1. The fourth-order valence-electron chi connectivity index (χ4n) is 4.15. The fourth-order valence-corrected chi connectivity index (χ4v) is 4.91. The van der Waals surface area contributed by atoms with Gasteiger partial charge in [0.2, 0.25) is 5.91 Å². The molecule has 2 heterocycles. The number of amides is 2. The standard InChI is InChI=1S/C25H23FN6O2S/c26-16-9-11-18(12-10-16)32-23-20(13-29-32)25(28-15-27-23)35-14-22(33)31-21-8-4-3-7-19(21)24(34)30-17-5-1-2-6-17/h3-4,7-13,15,17H,1-2,5-6,14H2,(H,30,34)(H,31,33). The molecular formula is C25H23FN6O2S. The van der Waals surface area contributed by atoms with Crippen LogP contribution in [-0.4, -0.2) is 43.4 Å². The smallest absolute Gasteiger partial charge is 0.253 e. The maximum Gasteiger partial charge on any atom is 0.253 e. The van der Waals surface area contributed by atoms with E-state index in [-0.39, 0.29) is 29.4 Å². The minimum absolute atomic E-state index is 0.0897. The molecule has 8 nitrogen and oxygen atoms in total. The van der Waals surface area contributed by atoms with Gasteiger partial charge in [-0.15, -0.1) is 0 Å². The zero-order valence-corrected chi connectivity index (χ0v) is 19.6. The van der Waals surface area contributed by atoms with Crippen LogP contribution in [0.15, 0.2) is 66.1 Å². The molecule has 2 amide bonds. The number of para-hydroxylation sites is 1. The molecule has 0 atom stereocenters. The van der Waals surface area contributed by atoms with Crippen LogP contribution in [-0.2, 0) is 4.79 Å². The van der Waals surface area contributed by atoms with Crippen LogP contribution >= 0.6 is 11.8 Å². The van der Waals surface area contributed by atoms with E-state index in [9.17, 15) is 14.0 Å². The number of hydrogen-bond acceptors (Lipinski definition) is 6. The zero-order valence-electron chi connectivity index (χ0n) is 18.8. The summed E-state index contributed by atoms with van der Waals surface area (Å²) in [6.45, 7) is 0. The van der Waals surface area contributed by atoms with Gasteiger partial charge in [-0.3, -0.25) is 9.59 Å². The van der Waals surface area contributed by atoms with Crippen LogP contribution in [0.2, 0.25) is 0 Å². The molecule has 2 aromatic carbocycles. The first-order chi connectivity index (χ1) is 17.1. The van der Waals surface area contributed by atoms with Crippen LogP contribution in [0.5, 0.6) is 0 Å². The number of nitrogens with zero attached hydrogens (tertiary/aromatic N) is 4. The zero-order chi connectivity index (χ0) is 24.2. The van der Waals surface area contributed by atoms with Gasteiger partial charge in [-0.05, 0) is 49.2 Å². The molecule has 0 radical (unpaired) electrons. The Hall–Kier alpha value is -3.79. The lowest BCUT2D eigenvalue weighted by Crippen LogP contribution is -2.33. The van der Waals surface area contributed by atoms with E-state index in [2.05, 4.69) is 25.7 Å². The monoisotopic (exact) mass is 490 g/mol. The quantitative estimate of drug-likeness (QED) is 0.295. The summed E-state index contributed by atoms with van der Waals surface area (Å²) in [7, 11) is 0. The Morgan fingerprint density at radius 1 is 1.06 bits per heavy atom. The van der Waals surface area contributed by atoms with Gasteiger partial charge in [-0.1, -0.05) is 36.7 Å². The lowest BCUT2D eigenvalue weighted by atomic mass is 10.1. The van der Waals surface area contributed by atoms with E-state index >= 15 is 0 Å². The second-order valence-corrected chi connectivity index (χ2v) is 9.25. The predicted molar refractivity (Wildman–Crippen MR) is 132 cm³/mol. The van der Waals surface area contributed by atoms with Crippen LogP contribution in [0.3, 0.4) is 0 Å². The van der Waals surface area contributed by atoms with Gasteiger partial charge in [-0.2, -0.15) is 5.10 Å². The van der Waals surface area contributed by atoms with Gasteiger partial charge in [0.15, 0.2) is 5.65 Å². The van der Waals surface area contributed by atoms with Crippen LogP contribution in [0.25, 0.3) is 16.7 Å². The maximum absolute atomic E-state index is 13.3. The van der Waals surface area contributed by atoms with Gasteiger partial charge >= 0.3 is 0 Å². The molecule has 35 heavy (non-hydrogen) atoms. The van der Waals surface area contributed by atoms with Crippen LogP contribution in [0.1, 0.15) is 36.0 Å². The molecule has 178 valence electrons. The van der Waals surface area contributed by atoms with Crippen molar-refractivity contribution in [3.8, 4) is 5.69 Å². The third kappa shape index (κ3) is 5.17. The predicted octanol–water partition coefficient (Wildman–Crippen LogP) is 4.36. The minimum Gasteiger partial charge on any atom is -0.349 e. The van der Waals surface area contributed by atoms with Gasteiger partial charge in [0, 0.05) is 6.04 Å². The summed E-state index contributed by atoms with van der Waals surface area (Å²) in [5, 5.41) is 11.6. The van der Waals surface area contributed by atoms with E-state index in [0.29, 0.717) is 33.0 Å². The molecule has 2 N–H and O–H groups in total. The molecule has 1 aliphatic carbocycles. The summed E-state index contributed by atoms with van der Waals surface area (Å²) in [4.78, 5) is 34.1. The number of fused-ring (bicyclic) bond motifs is 1. The number of halogens is 1. The number of anilines is 1. The lowest BCUT2D eigenvalue weighted by Gasteiger charge is -2.15. The average Bonchev–Trinajstić information content (AvgIpc) is 3.54. The third-order valence-corrected chi connectivity index (χ3v) is 6.88. The molecule has 2 aromatic heterocycles. The van der Waals surface area contributed by atoms with E-state index in [1.807, 2.05) is 0 Å². The van der Waals surface area contributed by atoms with Crippen molar-refractivity contribution in [2.75, 3.05) is 11.1 Å². The highest BCUT2D eigenvalue weighted by Gasteiger charge is 2.20. The van der Waals surface area contributed by atoms with Crippen molar-refractivity contribution >= 4 is 40.3 Å². The molecule has 0 bridgehead atoms. The number of carbonyl (C=O) groups is 2. The van der Waals surface area contributed by atoms with Crippen LogP contribution < -0.4 is 10.6 Å². The van der Waals surface area contributed by atoms with Crippen molar-refractivity contribution in [3.63, 3.8) is 0 Å². The second-order valence-electron chi connectivity index (χ2n) is 8.29. The summed E-state index contributed by atoms with van der Waals surface area (Å²) in [5.74, 6) is -0.675. The van der Waals surface area contributed by atoms with Gasteiger partial charge in [0.05, 0.1) is 34.3 Å². The van der Waals surface area contributed by atoms with Gasteiger partial charge in [0.25, 0.3) is 5.91 Å². The van der Waals surface area contributed by atoms with Gasteiger partial charge in [0.1, 0.15) is 17.2 Å². The average molecular weight is 491 g/mol. The highest BCUT2D eigenvalue weighted by atomic mass is 32.2. The highest BCUT2D eigenvalue weighted by Crippen LogP contribution is 2.26. The molecule has 4 aromatic rings. The summed E-state index contributed by atoms with van der Waals surface area (Å²) < 4.78 is 14.9. The largest absolute Gasteiger partial charge is 0.349 e. The van der Waals surface area contributed by atoms with E-state index < -0.39 is 0 Å². The van der Waals surface area contributed by atoms with Crippen molar-refractivity contribution in [1.29, 1.82) is 0 Å². The first-order valence-corrected chi connectivity index (χ1v) is 12.3. The Morgan fingerprint density at radius 2 is 1.83 bits per heavy atom.